The Balaban J connectivity index is 1.79. The average Bonchev–Trinajstić information content (AvgIpc) is 3.56. The quantitative estimate of drug-likeness (QED) is 0.498. The first-order valence-electron chi connectivity index (χ1n) is 10.4. The molecule has 4 rings (SSSR count). The maximum atomic E-state index is 13.6. The third-order valence-corrected chi connectivity index (χ3v) is 5.47. The molecule has 0 radical (unpaired) electrons. The highest BCUT2D eigenvalue weighted by Gasteiger charge is 2.29. The number of carbonyl (C=O) groups is 1. The van der Waals surface area contributed by atoms with Crippen molar-refractivity contribution in [3.8, 4) is 11.1 Å². The number of carboxylic acids is 1. The Morgan fingerprint density at radius 3 is 2.52 bits per heavy atom. The smallest absolute Gasteiger partial charge is 0.305 e. The van der Waals surface area contributed by atoms with Crippen LogP contribution < -0.4 is 0 Å². The van der Waals surface area contributed by atoms with E-state index in [0.717, 1.165) is 46.1 Å². The van der Waals surface area contributed by atoms with Crippen molar-refractivity contribution in [2.45, 2.75) is 43.8 Å². The van der Waals surface area contributed by atoms with E-state index < -0.39 is 24.6 Å². The van der Waals surface area contributed by atoms with E-state index in [-0.39, 0.29) is 12.2 Å². The Morgan fingerprint density at radius 1 is 1.13 bits per heavy atom. The molecule has 6 heteroatoms. The molecule has 1 heterocycles. The summed E-state index contributed by atoms with van der Waals surface area (Å²) in [6.45, 7) is 0. The summed E-state index contributed by atoms with van der Waals surface area (Å²) in [5.41, 5.74) is 4.43. The van der Waals surface area contributed by atoms with E-state index >= 15 is 0 Å². The van der Waals surface area contributed by atoms with Gasteiger partial charge in [0.05, 0.1) is 29.8 Å². The third kappa shape index (κ3) is 4.98. The number of benzene rings is 2. The number of aliphatic hydroxyl groups excluding tert-OH is 2. The molecule has 3 N–H and O–H groups in total. The number of para-hydroxylation sites is 1. The standard InChI is InChI=1S/C25H24FNO4/c26-17-9-7-15(8-10-17)24-20-3-1-2-4-22(20)27-25(16-5-6-16)21(24)12-11-18(28)13-19(29)14-23(30)31/h1-4,7-12,16,18-19,28-29H,5-6,13-14H2,(H,30,31)/t18-,19-/m0/s1. The summed E-state index contributed by atoms with van der Waals surface area (Å²) in [4.78, 5) is 15.6. The van der Waals surface area contributed by atoms with Gasteiger partial charge in [0.25, 0.3) is 0 Å². The second-order valence-corrected chi connectivity index (χ2v) is 8.00. The lowest BCUT2D eigenvalue weighted by Gasteiger charge is -2.16. The van der Waals surface area contributed by atoms with Crippen LogP contribution in [0.5, 0.6) is 0 Å². The topological polar surface area (TPSA) is 90.7 Å². The maximum absolute atomic E-state index is 13.6. The van der Waals surface area contributed by atoms with E-state index in [1.165, 1.54) is 12.1 Å². The Kier molecular flexibility index (Phi) is 6.11. The zero-order chi connectivity index (χ0) is 22.0. The normalized spacial score (nSPS) is 16.0. The number of aromatic nitrogens is 1. The van der Waals surface area contributed by atoms with E-state index in [9.17, 15) is 19.4 Å². The van der Waals surface area contributed by atoms with Crippen molar-refractivity contribution >= 4 is 22.9 Å². The van der Waals surface area contributed by atoms with E-state index in [2.05, 4.69) is 0 Å². The summed E-state index contributed by atoms with van der Waals surface area (Å²) in [5, 5.41) is 29.9. The Bertz CT molecular complexity index is 1120. The van der Waals surface area contributed by atoms with Crippen LogP contribution in [0.25, 0.3) is 28.1 Å². The summed E-state index contributed by atoms with van der Waals surface area (Å²) >= 11 is 0. The molecule has 3 aromatic rings. The van der Waals surface area contributed by atoms with Crippen molar-refractivity contribution in [3.05, 3.63) is 71.7 Å². The van der Waals surface area contributed by atoms with Gasteiger partial charge in [-0.25, -0.2) is 4.39 Å². The number of hydrogen-bond acceptors (Lipinski definition) is 4. The fourth-order valence-corrected chi connectivity index (χ4v) is 3.86. The number of nitrogens with zero attached hydrogens (tertiary/aromatic N) is 1. The van der Waals surface area contributed by atoms with Crippen molar-refractivity contribution in [1.29, 1.82) is 0 Å². The minimum atomic E-state index is -1.13. The van der Waals surface area contributed by atoms with Crippen LogP contribution in [-0.2, 0) is 4.79 Å². The average molecular weight is 421 g/mol. The summed E-state index contributed by atoms with van der Waals surface area (Å²) in [6.07, 6.45) is 2.80. The lowest BCUT2D eigenvalue weighted by molar-refractivity contribution is -0.139. The molecule has 0 bridgehead atoms. The first-order valence-corrected chi connectivity index (χ1v) is 10.4. The van der Waals surface area contributed by atoms with Crippen LogP contribution in [0.1, 0.15) is 42.9 Å². The first kappa shape index (κ1) is 21.2. The maximum Gasteiger partial charge on any atom is 0.305 e. The van der Waals surface area contributed by atoms with E-state index in [4.69, 9.17) is 10.1 Å². The highest BCUT2D eigenvalue weighted by molar-refractivity contribution is 5.99. The second kappa shape index (κ2) is 8.96. The minimum absolute atomic E-state index is 0.0749. The molecule has 31 heavy (non-hydrogen) atoms. The van der Waals surface area contributed by atoms with Crippen LogP contribution in [0.2, 0.25) is 0 Å². The van der Waals surface area contributed by atoms with Crippen LogP contribution in [0, 0.1) is 5.82 Å². The van der Waals surface area contributed by atoms with Gasteiger partial charge in [-0.3, -0.25) is 9.78 Å². The van der Waals surface area contributed by atoms with E-state index in [1.54, 1.807) is 24.3 Å². The summed E-state index contributed by atoms with van der Waals surface area (Å²) in [6, 6.07) is 14.1. The lowest BCUT2D eigenvalue weighted by atomic mass is 9.92. The van der Waals surface area contributed by atoms with Crippen LogP contribution in [-0.4, -0.2) is 38.5 Å². The Morgan fingerprint density at radius 2 is 1.84 bits per heavy atom. The molecule has 2 aromatic carbocycles. The van der Waals surface area contributed by atoms with Crippen LogP contribution in [0.3, 0.4) is 0 Å². The number of carboxylic acid groups (broad SMARTS) is 1. The molecule has 1 aliphatic rings. The number of hydrogen-bond donors (Lipinski definition) is 3. The zero-order valence-corrected chi connectivity index (χ0v) is 16.9. The van der Waals surface area contributed by atoms with Crippen molar-refractivity contribution < 1.29 is 24.5 Å². The van der Waals surface area contributed by atoms with Gasteiger partial charge in [-0.15, -0.1) is 0 Å². The monoisotopic (exact) mass is 421 g/mol. The number of pyridine rings is 1. The van der Waals surface area contributed by atoms with Crippen molar-refractivity contribution in [1.82, 2.24) is 4.98 Å². The SMILES string of the molecule is O=C(O)C[C@@H](O)C[C@@H](O)C=Cc1c(C2CC2)nc2ccccc2c1-c1ccc(F)cc1. The van der Waals surface area contributed by atoms with E-state index in [1.807, 2.05) is 24.3 Å². The largest absolute Gasteiger partial charge is 0.481 e. The molecule has 160 valence electrons. The summed E-state index contributed by atoms with van der Waals surface area (Å²) in [5.74, 6) is -1.10. The van der Waals surface area contributed by atoms with Gasteiger partial charge in [0.1, 0.15) is 5.82 Å². The molecule has 5 nitrogen and oxygen atoms in total. The van der Waals surface area contributed by atoms with Gasteiger partial charge < -0.3 is 15.3 Å². The fraction of sp³-hybridized carbons (Fsp3) is 0.280. The molecule has 0 amide bonds. The first-order chi connectivity index (χ1) is 14.9. The van der Waals surface area contributed by atoms with Crippen LogP contribution >= 0.6 is 0 Å². The summed E-state index contributed by atoms with van der Waals surface area (Å²) in [7, 11) is 0. The highest BCUT2D eigenvalue weighted by atomic mass is 19.1. The molecule has 1 saturated carbocycles. The molecule has 0 spiro atoms. The predicted molar refractivity (Wildman–Crippen MR) is 117 cm³/mol. The number of rotatable bonds is 8. The zero-order valence-electron chi connectivity index (χ0n) is 16.9. The molecule has 1 aliphatic carbocycles. The Hall–Kier alpha value is -3.09. The molecule has 0 unspecified atom stereocenters. The van der Waals surface area contributed by atoms with Gasteiger partial charge in [-0.05, 0) is 36.6 Å². The van der Waals surface area contributed by atoms with Crippen molar-refractivity contribution in [2.75, 3.05) is 0 Å². The molecular formula is C25H24FNO4. The predicted octanol–water partition coefficient (Wildman–Crippen LogP) is 4.52. The van der Waals surface area contributed by atoms with Crippen LogP contribution in [0.15, 0.2) is 54.6 Å². The number of aliphatic hydroxyl groups is 2. The molecule has 2 atom stereocenters. The van der Waals surface area contributed by atoms with Gasteiger partial charge in [-0.1, -0.05) is 42.5 Å². The third-order valence-electron chi connectivity index (χ3n) is 5.47. The van der Waals surface area contributed by atoms with Crippen LogP contribution in [0.4, 0.5) is 4.39 Å². The van der Waals surface area contributed by atoms with Gasteiger partial charge in [0, 0.05) is 28.9 Å². The second-order valence-electron chi connectivity index (χ2n) is 8.00. The number of fused-ring (bicyclic) bond motifs is 1. The highest BCUT2D eigenvalue weighted by Crippen LogP contribution is 2.45. The van der Waals surface area contributed by atoms with Gasteiger partial charge >= 0.3 is 5.97 Å². The van der Waals surface area contributed by atoms with Crippen molar-refractivity contribution in [3.63, 3.8) is 0 Å². The lowest BCUT2D eigenvalue weighted by Crippen LogP contribution is -2.19. The summed E-state index contributed by atoms with van der Waals surface area (Å²) < 4.78 is 13.6. The number of halogens is 1. The Labute approximate surface area is 179 Å². The fourth-order valence-electron chi connectivity index (χ4n) is 3.86. The van der Waals surface area contributed by atoms with Crippen molar-refractivity contribution in [2.24, 2.45) is 0 Å². The molecular weight excluding hydrogens is 397 g/mol. The van der Waals surface area contributed by atoms with E-state index in [0.29, 0.717) is 5.92 Å². The molecule has 0 saturated heterocycles. The van der Waals surface area contributed by atoms with Gasteiger partial charge in [0.15, 0.2) is 0 Å². The van der Waals surface area contributed by atoms with Gasteiger partial charge in [-0.2, -0.15) is 0 Å². The van der Waals surface area contributed by atoms with Gasteiger partial charge in [0.2, 0.25) is 0 Å². The minimum Gasteiger partial charge on any atom is -0.481 e. The number of aliphatic carboxylic acids is 1. The molecule has 1 fully saturated rings. The molecule has 0 aliphatic heterocycles. The molecule has 1 aromatic heterocycles.